The Labute approximate surface area is 123 Å². The van der Waals surface area contributed by atoms with E-state index in [9.17, 15) is 18.0 Å². The molecule has 1 heterocycles. The molecule has 112 valence electrons. The summed E-state index contributed by atoms with van der Waals surface area (Å²) in [5, 5.41) is 2.52. The number of carbonyl (C=O) groups excluding carboxylic acids is 1. The van der Waals surface area contributed by atoms with E-state index in [-0.39, 0.29) is 11.6 Å². The van der Waals surface area contributed by atoms with E-state index in [2.05, 4.69) is 10.1 Å². The van der Waals surface area contributed by atoms with Gasteiger partial charge in [-0.25, -0.2) is 4.39 Å². The fraction of sp³-hybridized carbons (Fsp3) is 0.214. The molecule has 2 rings (SSSR count). The third-order valence-corrected chi connectivity index (χ3v) is 3.66. The molecular weight excluding hydrogens is 303 g/mol. The Bertz CT molecular complexity index is 670. The van der Waals surface area contributed by atoms with Gasteiger partial charge in [0.15, 0.2) is 11.6 Å². The number of amides is 1. The fourth-order valence-electron chi connectivity index (χ4n) is 1.82. The molecule has 0 saturated carbocycles. The average molecular weight is 315 g/mol. The van der Waals surface area contributed by atoms with Crippen molar-refractivity contribution in [1.29, 1.82) is 0 Å². The zero-order chi connectivity index (χ0) is 15.6. The lowest BCUT2D eigenvalue weighted by atomic mass is 10.2. The van der Waals surface area contributed by atoms with Crippen LogP contribution in [0, 0.1) is 19.7 Å². The summed E-state index contributed by atoms with van der Waals surface area (Å²) >= 11 is 1.48. The predicted octanol–water partition coefficient (Wildman–Crippen LogP) is 4.36. The summed E-state index contributed by atoms with van der Waals surface area (Å²) < 4.78 is 41.6. The number of benzene rings is 1. The molecule has 1 aromatic heterocycles. The lowest BCUT2D eigenvalue weighted by Gasteiger charge is -2.08. The zero-order valence-electron chi connectivity index (χ0n) is 11.2. The van der Waals surface area contributed by atoms with Crippen LogP contribution in [0.4, 0.5) is 18.9 Å². The molecule has 0 atom stereocenters. The molecule has 0 aliphatic carbocycles. The van der Waals surface area contributed by atoms with Gasteiger partial charge in [0.2, 0.25) is 0 Å². The van der Waals surface area contributed by atoms with Crippen LogP contribution in [0.1, 0.15) is 20.1 Å². The van der Waals surface area contributed by atoms with Gasteiger partial charge >= 0.3 is 6.61 Å². The highest BCUT2D eigenvalue weighted by Gasteiger charge is 2.14. The molecule has 0 unspecified atom stereocenters. The summed E-state index contributed by atoms with van der Waals surface area (Å²) in [6.45, 7) is 0.591. The maximum absolute atomic E-state index is 13.5. The van der Waals surface area contributed by atoms with Crippen molar-refractivity contribution >= 4 is 22.9 Å². The van der Waals surface area contributed by atoms with Gasteiger partial charge in [-0.3, -0.25) is 4.79 Å². The predicted molar refractivity (Wildman–Crippen MR) is 74.8 cm³/mol. The van der Waals surface area contributed by atoms with Gasteiger partial charge in [0.25, 0.3) is 5.91 Å². The van der Waals surface area contributed by atoms with Crippen LogP contribution in [-0.2, 0) is 0 Å². The molecule has 2 aromatic rings. The monoisotopic (exact) mass is 315 g/mol. The van der Waals surface area contributed by atoms with Crippen LogP contribution in [0.2, 0.25) is 0 Å². The van der Waals surface area contributed by atoms with Gasteiger partial charge in [-0.2, -0.15) is 8.78 Å². The van der Waals surface area contributed by atoms with Crippen molar-refractivity contribution in [2.75, 3.05) is 5.32 Å². The lowest BCUT2D eigenvalue weighted by molar-refractivity contribution is -0.0521. The molecule has 0 aliphatic heterocycles. The number of thiophene rings is 1. The summed E-state index contributed by atoms with van der Waals surface area (Å²) in [4.78, 5) is 13.9. The van der Waals surface area contributed by atoms with E-state index in [1.54, 1.807) is 6.07 Å². The van der Waals surface area contributed by atoms with E-state index in [1.165, 1.54) is 17.4 Å². The van der Waals surface area contributed by atoms with Crippen molar-refractivity contribution in [3.8, 4) is 5.75 Å². The minimum absolute atomic E-state index is 0.169. The smallest absolute Gasteiger partial charge is 0.387 e. The number of hydrogen-bond donors (Lipinski definition) is 1. The first kappa shape index (κ1) is 15.4. The van der Waals surface area contributed by atoms with Crippen molar-refractivity contribution in [2.24, 2.45) is 0 Å². The van der Waals surface area contributed by atoms with Gasteiger partial charge in [0, 0.05) is 21.5 Å². The van der Waals surface area contributed by atoms with Gasteiger partial charge in [0.1, 0.15) is 0 Å². The van der Waals surface area contributed by atoms with Crippen molar-refractivity contribution in [1.82, 2.24) is 0 Å². The quantitative estimate of drug-likeness (QED) is 0.910. The summed E-state index contributed by atoms with van der Waals surface area (Å²) in [6, 6.07) is 5.01. The van der Waals surface area contributed by atoms with Crippen LogP contribution in [0.3, 0.4) is 0 Å². The summed E-state index contributed by atoms with van der Waals surface area (Å²) in [7, 11) is 0. The molecule has 0 aliphatic rings. The molecule has 0 bridgehead atoms. The van der Waals surface area contributed by atoms with E-state index in [0.717, 1.165) is 21.9 Å². The molecular formula is C14H12F3NO2S. The fourth-order valence-corrected chi connectivity index (χ4v) is 2.75. The maximum Gasteiger partial charge on any atom is 0.387 e. The van der Waals surface area contributed by atoms with E-state index < -0.39 is 18.2 Å². The number of halogens is 3. The number of anilines is 1. The number of nitrogens with one attached hydrogen (secondary N) is 1. The Morgan fingerprint density at radius 1 is 1.29 bits per heavy atom. The van der Waals surface area contributed by atoms with Crippen LogP contribution in [0.15, 0.2) is 24.3 Å². The largest absolute Gasteiger partial charge is 0.432 e. The highest BCUT2D eigenvalue weighted by molar-refractivity contribution is 7.12. The molecule has 1 aromatic carbocycles. The van der Waals surface area contributed by atoms with Crippen LogP contribution in [0.25, 0.3) is 0 Å². The first-order chi connectivity index (χ1) is 9.86. The second-order valence-corrected chi connectivity index (χ2v) is 5.77. The minimum atomic E-state index is -3.10. The Hall–Kier alpha value is -2.02. The van der Waals surface area contributed by atoms with Crippen molar-refractivity contribution < 1.29 is 22.7 Å². The van der Waals surface area contributed by atoms with E-state index in [0.29, 0.717) is 5.56 Å². The average Bonchev–Trinajstić information content (AvgIpc) is 2.71. The molecule has 21 heavy (non-hydrogen) atoms. The normalized spacial score (nSPS) is 10.8. The SMILES string of the molecule is Cc1cc(C(=O)Nc2ccc(OC(F)F)c(F)c2)c(C)s1. The molecule has 0 fully saturated rings. The Morgan fingerprint density at radius 2 is 2.00 bits per heavy atom. The van der Waals surface area contributed by atoms with Gasteiger partial charge in [-0.15, -0.1) is 11.3 Å². The Morgan fingerprint density at radius 3 is 2.52 bits per heavy atom. The number of ether oxygens (including phenoxy) is 1. The first-order valence-corrected chi connectivity index (χ1v) is 6.81. The topological polar surface area (TPSA) is 38.3 Å². The van der Waals surface area contributed by atoms with Gasteiger partial charge in [-0.05, 0) is 32.0 Å². The second-order valence-electron chi connectivity index (χ2n) is 4.30. The molecule has 7 heteroatoms. The van der Waals surface area contributed by atoms with Gasteiger partial charge in [0.05, 0.1) is 5.56 Å². The minimum Gasteiger partial charge on any atom is -0.432 e. The molecule has 0 spiro atoms. The van der Waals surface area contributed by atoms with Crippen molar-refractivity contribution in [2.45, 2.75) is 20.5 Å². The maximum atomic E-state index is 13.5. The zero-order valence-corrected chi connectivity index (χ0v) is 12.1. The van der Waals surface area contributed by atoms with Crippen molar-refractivity contribution in [3.05, 3.63) is 45.4 Å². The lowest BCUT2D eigenvalue weighted by Crippen LogP contribution is -2.12. The van der Waals surface area contributed by atoms with Crippen LogP contribution in [-0.4, -0.2) is 12.5 Å². The summed E-state index contributed by atoms with van der Waals surface area (Å²) in [5.41, 5.74) is 0.674. The van der Waals surface area contributed by atoms with Crippen molar-refractivity contribution in [3.63, 3.8) is 0 Å². The highest BCUT2D eigenvalue weighted by Crippen LogP contribution is 2.25. The van der Waals surface area contributed by atoms with E-state index >= 15 is 0 Å². The Balaban J connectivity index is 2.15. The number of carbonyl (C=O) groups is 1. The first-order valence-electron chi connectivity index (χ1n) is 5.99. The molecule has 0 radical (unpaired) electrons. The number of aryl methyl sites for hydroxylation is 2. The third-order valence-electron chi connectivity index (χ3n) is 2.69. The van der Waals surface area contributed by atoms with Crippen LogP contribution >= 0.6 is 11.3 Å². The van der Waals surface area contributed by atoms with Crippen LogP contribution in [0.5, 0.6) is 5.75 Å². The van der Waals surface area contributed by atoms with E-state index in [4.69, 9.17) is 0 Å². The number of hydrogen-bond acceptors (Lipinski definition) is 3. The third kappa shape index (κ3) is 3.75. The Kier molecular flexibility index (Phi) is 4.52. The second kappa shape index (κ2) is 6.17. The summed E-state index contributed by atoms with van der Waals surface area (Å²) in [6.07, 6.45) is 0. The van der Waals surface area contributed by atoms with Gasteiger partial charge in [-0.1, -0.05) is 0 Å². The van der Waals surface area contributed by atoms with Crippen LogP contribution < -0.4 is 10.1 Å². The summed E-state index contributed by atoms with van der Waals surface area (Å²) in [5.74, 6) is -1.91. The van der Waals surface area contributed by atoms with Gasteiger partial charge < -0.3 is 10.1 Å². The highest BCUT2D eigenvalue weighted by atomic mass is 32.1. The standard InChI is InChI=1S/C14H12F3NO2S/c1-7-5-10(8(2)21-7)13(19)18-9-3-4-12(11(15)6-9)20-14(16)17/h3-6,14H,1-2H3,(H,18,19). The molecule has 1 amide bonds. The molecule has 3 nitrogen and oxygen atoms in total. The number of rotatable bonds is 4. The van der Waals surface area contributed by atoms with E-state index in [1.807, 2.05) is 13.8 Å². The molecule has 1 N–H and O–H groups in total. The number of alkyl halides is 2. The molecule has 0 saturated heterocycles.